The third-order valence-corrected chi connectivity index (χ3v) is 6.90. The van der Waals surface area contributed by atoms with Gasteiger partial charge in [0.1, 0.15) is 18.4 Å². The maximum absolute atomic E-state index is 13.7. The molecule has 3 aromatic rings. The monoisotopic (exact) mass is 477 g/mol. The summed E-state index contributed by atoms with van der Waals surface area (Å²) in [4.78, 5) is 28.6. The third kappa shape index (κ3) is 4.63. The molecule has 0 bridgehead atoms. The first-order valence-electron chi connectivity index (χ1n) is 12.1. The number of hydrogen-bond acceptors (Lipinski definition) is 6. The third-order valence-electron chi connectivity index (χ3n) is 6.90. The van der Waals surface area contributed by atoms with Gasteiger partial charge < -0.3 is 24.1 Å². The predicted octanol–water partition coefficient (Wildman–Crippen LogP) is 2.73. The number of ether oxygens (including phenoxy) is 3. The highest BCUT2D eigenvalue weighted by molar-refractivity contribution is 6.10. The van der Waals surface area contributed by atoms with Gasteiger partial charge in [-0.25, -0.2) is 4.79 Å². The Balaban J connectivity index is 1.47. The summed E-state index contributed by atoms with van der Waals surface area (Å²) in [5, 5.41) is 3.77. The number of nitrogens with zero attached hydrogens (tertiary/aromatic N) is 2. The number of benzene rings is 2. The van der Waals surface area contributed by atoms with E-state index in [9.17, 15) is 9.59 Å². The number of aromatic nitrogens is 1. The molecule has 1 N–H and O–H groups in total. The van der Waals surface area contributed by atoms with Crippen LogP contribution in [0.15, 0.2) is 48.5 Å². The minimum atomic E-state index is -0.790. The number of carbonyl (C=O) groups is 2. The first kappa shape index (κ1) is 23.4. The average molecular weight is 478 g/mol. The van der Waals surface area contributed by atoms with E-state index in [2.05, 4.69) is 14.8 Å². The first-order chi connectivity index (χ1) is 17.1. The summed E-state index contributed by atoms with van der Waals surface area (Å²) in [6.45, 7) is 6.56. The molecule has 35 heavy (non-hydrogen) atoms. The number of para-hydroxylation sites is 1. The van der Waals surface area contributed by atoms with Gasteiger partial charge in [-0.15, -0.1) is 0 Å². The highest BCUT2D eigenvalue weighted by atomic mass is 16.5. The van der Waals surface area contributed by atoms with Gasteiger partial charge in [0, 0.05) is 37.1 Å². The zero-order valence-corrected chi connectivity index (χ0v) is 20.2. The van der Waals surface area contributed by atoms with E-state index in [-0.39, 0.29) is 11.9 Å². The van der Waals surface area contributed by atoms with Crippen LogP contribution in [0.2, 0.25) is 0 Å². The zero-order chi connectivity index (χ0) is 24.4. The number of morpholine rings is 1. The number of esters is 1. The van der Waals surface area contributed by atoms with Gasteiger partial charge in [0.15, 0.2) is 0 Å². The summed E-state index contributed by atoms with van der Waals surface area (Å²) >= 11 is 0. The van der Waals surface area contributed by atoms with Crippen LogP contribution >= 0.6 is 0 Å². The Labute approximate surface area is 204 Å². The van der Waals surface area contributed by atoms with Crippen LogP contribution in [-0.4, -0.2) is 74.0 Å². The van der Waals surface area contributed by atoms with E-state index in [1.54, 1.807) is 0 Å². The lowest BCUT2D eigenvalue weighted by molar-refractivity contribution is -0.142. The highest BCUT2D eigenvalue weighted by Gasteiger charge is 2.32. The Morgan fingerprint density at radius 1 is 1.11 bits per heavy atom. The summed E-state index contributed by atoms with van der Waals surface area (Å²) in [5.74, 6) is 0.0144. The van der Waals surface area contributed by atoms with Crippen molar-refractivity contribution in [3.8, 4) is 5.75 Å². The second-order valence-corrected chi connectivity index (χ2v) is 9.10. The Bertz CT molecular complexity index is 1220. The van der Waals surface area contributed by atoms with Crippen molar-refractivity contribution in [1.82, 2.24) is 14.8 Å². The summed E-state index contributed by atoms with van der Waals surface area (Å²) in [6.07, 6.45) is 0.352. The molecule has 1 aromatic heterocycles. The van der Waals surface area contributed by atoms with Crippen molar-refractivity contribution in [2.24, 2.45) is 0 Å². The van der Waals surface area contributed by atoms with E-state index in [0.717, 1.165) is 60.8 Å². The molecule has 2 atom stereocenters. The molecule has 184 valence electrons. The molecule has 1 saturated heterocycles. The molecule has 8 heteroatoms. The lowest BCUT2D eigenvalue weighted by atomic mass is 10.0. The molecule has 2 aliphatic rings. The van der Waals surface area contributed by atoms with Crippen molar-refractivity contribution < 1.29 is 23.8 Å². The smallest absolute Gasteiger partial charge is 0.328 e. The predicted molar refractivity (Wildman–Crippen MR) is 132 cm³/mol. The maximum atomic E-state index is 13.7. The minimum absolute atomic E-state index is 0.0766. The lowest BCUT2D eigenvalue weighted by Gasteiger charge is -2.34. The van der Waals surface area contributed by atoms with Crippen molar-refractivity contribution in [2.75, 3.05) is 46.6 Å². The lowest BCUT2D eigenvalue weighted by Crippen LogP contribution is -2.43. The summed E-state index contributed by atoms with van der Waals surface area (Å²) in [5.41, 5.74) is 3.31. The van der Waals surface area contributed by atoms with Crippen LogP contribution in [0, 0.1) is 6.92 Å². The molecule has 3 heterocycles. The molecule has 2 aromatic carbocycles. The van der Waals surface area contributed by atoms with Gasteiger partial charge in [-0.1, -0.05) is 42.5 Å². The SMILES string of the molecule is COC(=O)[C@H](Cc1ccccc1)NC(=O)c1c(C)n2c3c(cccc13)OC[C@@H]2CN1CCOCC1. The standard InChI is InChI=1S/C27H31N3O5/c1-18-24(26(31)28-22(27(32)33-2)15-19-7-4-3-5-8-19)21-9-6-10-23-25(21)30(18)20(17-35-23)16-29-11-13-34-14-12-29/h3-10,20,22H,11-17H2,1-2H3,(H,28,31)/t20-,22-/m0/s1. The van der Waals surface area contributed by atoms with Crippen LogP contribution in [-0.2, 0) is 20.7 Å². The molecule has 0 unspecified atom stereocenters. The second kappa shape index (κ2) is 10.1. The van der Waals surface area contributed by atoms with Crippen LogP contribution in [0.5, 0.6) is 5.75 Å². The molecule has 5 rings (SSSR count). The Morgan fingerprint density at radius 2 is 1.89 bits per heavy atom. The van der Waals surface area contributed by atoms with Gasteiger partial charge in [0.25, 0.3) is 5.91 Å². The maximum Gasteiger partial charge on any atom is 0.328 e. The largest absolute Gasteiger partial charge is 0.489 e. The summed E-state index contributed by atoms with van der Waals surface area (Å²) < 4.78 is 18.9. The van der Waals surface area contributed by atoms with E-state index >= 15 is 0 Å². The van der Waals surface area contributed by atoms with Crippen LogP contribution in [0.4, 0.5) is 0 Å². The number of amides is 1. The fourth-order valence-corrected chi connectivity index (χ4v) is 5.21. The minimum Gasteiger partial charge on any atom is -0.489 e. The van der Waals surface area contributed by atoms with Crippen molar-refractivity contribution in [2.45, 2.75) is 25.4 Å². The second-order valence-electron chi connectivity index (χ2n) is 9.10. The summed E-state index contributed by atoms with van der Waals surface area (Å²) in [6, 6.07) is 14.7. The number of hydrogen-bond donors (Lipinski definition) is 1. The molecule has 0 radical (unpaired) electrons. The Morgan fingerprint density at radius 3 is 2.63 bits per heavy atom. The number of rotatable bonds is 7. The molecule has 1 fully saturated rings. The number of carbonyl (C=O) groups excluding carboxylic acids is 2. The van der Waals surface area contributed by atoms with Crippen molar-refractivity contribution >= 4 is 22.8 Å². The normalized spacial score (nSPS) is 18.6. The van der Waals surface area contributed by atoms with E-state index in [1.165, 1.54) is 7.11 Å². The highest BCUT2D eigenvalue weighted by Crippen LogP contribution is 2.39. The van der Waals surface area contributed by atoms with Crippen molar-refractivity contribution in [3.63, 3.8) is 0 Å². The fourth-order valence-electron chi connectivity index (χ4n) is 5.21. The summed E-state index contributed by atoms with van der Waals surface area (Å²) in [7, 11) is 1.34. The van der Waals surface area contributed by atoms with Gasteiger partial charge >= 0.3 is 5.97 Å². The molecular weight excluding hydrogens is 446 g/mol. The van der Waals surface area contributed by atoms with Crippen LogP contribution < -0.4 is 10.1 Å². The van der Waals surface area contributed by atoms with Crippen molar-refractivity contribution in [1.29, 1.82) is 0 Å². The quantitative estimate of drug-likeness (QED) is 0.527. The number of nitrogens with one attached hydrogen (secondary N) is 1. The number of methoxy groups -OCH3 is 1. The molecule has 2 aliphatic heterocycles. The van der Waals surface area contributed by atoms with Crippen LogP contribution in [0.3, 0.4) is 0 Å². The molecule has 0 aliphatic carbocycles. The van der Waals surface area contributed by atoms with E-state index in [0.29, 0.717) is 18.6 Å². The first-order valence-corrected chi connectivity index (χ1v) is 12.1. The topological polar surface area (TPSA) is 82.0 Å². The van der Waals surface area contributed by atoms with Crippen LogP contribution in [0.25, 0.3) is 10.9 Å². The fraction of sp³-hybridized carbons (Fsp3) is 0.407. The molecular formula is C27H31N3O5. The molecule has 0 spiro atoms. The van der Waals surface area contributed by atoms with Crippen LogP contribution in [0.1, 0.15) is 27.7 Å². The molecule has 1 amide bonds. The zero-order valence-electron chi connectivity index (χ0n) is 20.2. The van der Waals surface area contributed by atoms with E-state index in [4.69, 9.17) is 14.2 Å². The van der Waals surface area contributed by atoms with Crippen molar-refractivity contribution in [3.05, 3.63) is 65.4 Å². The molecule has 0 saturated carbocycles. The van der Waals surface area contributed by atoms with Gasteiger partial charge in [-0.3, -0.25) is 9.69 Å². The molecule has 8 nitrogen and oxygen atoms in total. The van der Waals surface area contributed by atoms with Gasteiger partial charge in [0.05, 0.1) is 37.4 Å². The average Bonchev–Trinajstić information content (AvgIpc) is 3.19. The Hall–Kier alpha value is -3.36. The van der Waals surface area contributed by atoms with E-state index in [1.807, 2.05) is 55.5 Å². The van der Waals surface area contributed by atoms with Gasteiger partial charge in [-0.2, -0.15) is 0 Å². The Kier molecular flexibility index (Phi) is 6.74. The van der Waals surface area contributed by atoms with E-state index < -0.39 is 12.0 Å². The van der Waals surface area contributed by atoms with Gasteiger partial charge in [-0.05, 0) is 18.6 Å². The van der Waals surface area contributed by atoms with Gasteiger partial charge in [0.2, 0.25) is 0 Å².